The largest absolute Gasteiger partial charge is 0.299 e. The van der Waals surface area contributed by atoms with Gasteiger partial charge in [0.2, 0.25) is 0 Å². The molecule has 0 bridgehead atoms. The molecule has 0 aliphatic carbocycles. The van der Waals surface area contributed by atoms with Gasteiger partial charge in [0, 0.05) is 13.1 Å². The highest BCUT2D eigenvalue weighted by Gasteiger charge is 2.33. The van der Waals surface area contributed by atoms with Crippen LogP contribution in [0.4, 0.5) is 10.1 Å². The van der Waals surface area contributed by atoms with E-state index < -0.39 is 31.5 Å². The first-order valence-electron chi connectivity index (χ1n) is 7.99. The van der Waals surface area contributed by atoms with Crippen LogP contribution in [0.2, 0.25) is 5.02 Å². The van der Waals surface area contributed by atoms with Gasteiger partial charge in [-0.3, -0.25) is 10.1 Å². The van der Waals surface area contributed by atoms with Crippen LogP contribution < -0.4 is 0 Å². The minimum absolute atomic E-state index is 0.0303. The van der Waals surface area contributed by atoms with Crippen molar-refractivity contribution in [2.75, 3.05) is 0 Å². The van der Waals surface area contributed by atoms with E-state index in [4.69, 9.17) is 11.6 Å². The van der Waals surface area contributed by atoms with E-state index in [1.54, 1.807) is 24.3 Å². The summed E-state index contributed by atoms with van der Waals surface area (Å²) in [6, 6.07) is 14.4. The van der Waals surface area contributed by atoms with E-state index in [-0.39, 0.29) is 17.3 Å². The normalized spacial score (nSPS) is 11.7. The van der Waals surface area contributed by atoms with Crippen LogP contribution in [0.3, 0.4) is 0 Å². The summed E-state index contributed by atoms with van der Waals surface area (Å²) in [5.74, 6) is -0.432. The number of benzene rings is 2. The highest BCUT2D eigenvalue weighted by molar-refractivity contribution is 7.91. The van der Waals surface area contributed by atoms with Gasteiger partial charge in [0.1, 0.15) is 10.8 Å². The summed E-state index contributed by atoms with van der Waals surface area (Å²) in [5, 5.41) is 11.7. The van der Waals surface area contributed by atoms with Crippen LogP contribution in [0, 0.1) is 15.9 Å². The first-order valence-corrected chi connectivity index (χ1v) is 10.7. The number of nitrogens with zero attached hydrogens (tertiary/aromatic N) is 2. The zero-order chi connectivity index (χ0) is 20.3. The maximum Gasteiger partial charge on any atom is 0.299 e. The van der Waals surface area contributed by atoms with Gasteiger partial charge in [0.15, 0.2) is 4.21 Å². The molecule has 0 saturated heterocycles. The molecule has 0 radical (unpaired) electrons. The summed E-state index contributed by atoms with van der Waals surface area (Å²) in [6.45, 7) is -0.0118. The molecule has 0 N–H and O–H groups in total. The average molecular weight is 441 g/mol. The van der Waals surface area contributed by atoms with Crippen molar-refractivity contribution in [2.24, 2.45) is 0 Å². The Labute approximate surface area is 170 Å². The van der Waals surface area contributed by atoms with Crippen LogP contribution in [-0.2, 0) is 23.1 Å². The van der Waals surface area contributed by atoms with Crippen LogP contribution in [0.5, 0.6) is 0 Å². The number of rotatable bonds is 7. The van der Waals surface area contributed by atoms with Crippen LogP contribution in [-0.4, -0.2) is 17.6 Å². The Bertz CT molecular complexity index is 1090. The van der Waals surface area contributed by atoms with Crippen molar-refractivity contribution >= 4 is 38.6 Å². The number of halogens is 2. The Hall–Kier alpha value is -2.33. The van der Waals surface area contributed by atoms with Crippen molar-refractivity contribution in [1.82, 2.24) is 4.31 Å². The second-order valence-electron chi connectivity index (χ2n) is 5.86. The smallest absolute Gasteiger partial charge is 0.258 e. The van der Waals surface area contributed by atoms with Crippen molar-refractivity contribution < 1.29 is 17.7 Å². The number of hydrogen-bond acceptors (Lipinski definition) is 5. The summed E-state index contributed by atoms with van der Waals surface area (Å²) >= 11 is 6.69. The minimum atomic E-state index is -4.13. The monoisotopic (exact) mass is 440 g/mol. The van der Waals surface area contributed by atoms with Crippen LogP contribution in [0.15, 0.2) is 64.2 Å². The number of sulfonamides is 1. The van der Waals surface area contributed by atoms with Crippen molar-refractivity contribution in [3.63, 3.8) is 0 Å². The highest BCUT2D eigenvalue weighted by Crippen LogP contribution is 2.39. The fourth-order valence-corrected chi connectivity index (χ4v) is 5.93. The third-order valence-electron chi connectivity index (χ3n) is 3.93. The van der Waals surface area contributed by atoms with E-state index in [1.807, 2.05) is 6.07 Å². The number of thiophene rings is 1. The molecule has 3 rings (SSSR count). The molecule has 10 heteroatoms. The summed E-state index contributed by atoms with van der Waals surface area (Å²) in [5.41, 5.74) is 0.852. The van der Waals surface area contributed by atoms with Crippen LogP contribution in [0.25, 0.3) is 0 Å². The molecule has 0 saturated carbocycles. The number of hydrogen-bond donors (Lipinski definition) is 0. The average Bonchev–Trinajstić information content (AvgIpc) is 3.06. The standard InChI is InChI=1S/C18H14ClFN2O4S2/c19-17-16(22(23)24)12-27-18(17)28(25,26)21(10-13-4-2-1-3-5-13)11-14-6-8-15(20)9-7-14/h1-9,12H,10-11H2. The molecule has 6 nitrogen and oxygen atoms in total. The molecule has 0 aliphatic heterocycles. The van der Waals surface area contributed by atoms with E-state index in [9.17, 15) is 22.9 Å². The predicted molar refractivity (Wildman–Crippen MR) is 105 cm³/mol. The van der Waals surface area contributed by atoms with Gasteiger partial charge in [0.05, 0.1) is 10.3 Å². The summed E-state index contributed by atoms with van der Waals surface area (Å²) in [6.07, 6.45) is 0. The van der Waals surface area contributed by atoms with Gasteiger partial charge in [0.25, 0.3) is 15.7 Å². The lowest BCUT2D eigenvalue weighted by atomic mass is 10.2. The molecule has 0 atom stereocenters. The molecule has 1 heterocycles. The van der Waals surface area contributed by atoms with Gasteiger partial charge >= 0.3 is 0 Å². The van der Waals surface area contributed by atoms with Gasteiger partial charge in [-0.25, -0.2) is 12.8 Å². The minimum Gasteiger partial charge on any atom is -0.258 e. The molecule has 0 fully saturated rings. The van der Waals surface area contributed by atoms with Crippen molar-refractivity contribution in [1.29, 1.82) is 0 Å². The van der Waals surface area contributed by atoms with E-state index >= 15 is 0 Å². The summed E-state index contributed by atoms with van der Waals surface area (Å²) < 4.78 is 40.5. The quantitative estimate of drug-likeness (QED) is 0.389. The lowest BCUT2D eigenvalue weighted by Crippen LogP contribution is -2.30. The molecule has 0 spiro atoms. The fourth-order valence-electron chi connectivity index (χ4n) is 2.54. The number of nitro groups is 1. The fraction of sp³-hybridized carbons (Fsp3) is 0.111. The molecule has 146 valence electrons. The van der Waals surface area contributed by atoms with E-state index in [1.165, 1.54) is 24.3 Å². The first kappa shape index (κ1) is 20.4. The SMILES string of the molecule is O=[N+]([O-])c1csc(S(=O)(=O)N(Cc2ccccc2)Cc2ccc(F)cc2)c1Cl. The lowest BCUT2D eigenvalue weighted by Gasteiger charge is -2.22. The topological polar surface area (TPSA) is 80.5 Å². The molecular formula is C18H14ClFN2O4S2. The van der Waals surface area contributed by atoms with Crippen molar-refractivity contribution in [3.8, 4) is 0 Å². The maximum absolute atomic E-state index is 13.2. The van der Waals surface area contributed by atoms with E-state index in [2.05, 4.69) is 0 Å². The van der Waals surface area contributed by atoms with Crippen LogP contribution in [0.1, 0.15) is 11.1 Å². The zero-order valence-corrected chi connectivity index (χ0v) is 16.7. The van der Waals surface area contributed by atoms with E-state index in [0.717, 1.165) is 15.2 Å². The second kappa shape index (κ2) is 8.36. The molecule has 2 aromatic carbocycles. The highest BCUT2D eigenvalue weighted by atomic mass is 35.5. The Morgan fingerprint density at radius 3 is 2.14 bits per heavy atom. The van der Waals surface area contributed by atoms with Gasteiger partial charge < -0.3 is 0 Å². The molecule has 0 aliphatic rings. The molecule has 28 heavy (non-hydrogen) atoms. The molecule has 0 amide bonds. The Morgan fingerprint density at radius 1 is 1.04 bits per heavy atom. The molecular weight excluding hydrogens is 427 g/mol. The first-order chi connectivity index (χ1) is 13.3. The van der Waals surface area contributed by atoms with Crippen molar-refractivity contribution in [3.05, 3.63) is 92.1 Å². The predicted octanol–water partition coefficient (Wildman–Crippen LogP) is 4.84. The van der Waals surface area contributed by atoms with Gasteiger partial charge in [-0.2, -0.15) is 4.31 Å². The van der Waals surface area contributed by atoms with Crippen LogP contribution >= 0.6 is 22.9 Å². The Morgan fingerprint density at radius 2 is 1.61 bits per heavy atom. The molecule has 0 unspecified atom stereocenters. The third kappa shape index (κ3) is 4.39. The lowest BCUT2D eigenvalue weighted by molar-refractivity contribution is -0.384. The zero-order valence-electron chi connectivity index (χ0n) is 14.3. The Balaban J connectivity index is 2.01. The van der Waals surface area contributed by atoms with Crippen molar-refractivity contribution in [2.45, 2.75) is 17.3 Å². The van der Waals surface area contributed by atoms with E-state index in [0.29, 0.717) is 16.9 Å². The summed E-state index contributed by atoms with van der Waals surface area (Å²) in [7, 11) is -4.13. The molecule has 1 aromatic heterocycles. The second-order valence-corrected chi connectivity index (χ2v) is 9.26. The van der Waals surface area contributed by atoms with Gasteiger partial charge in [-0.05, 0) is 23.3 Å². The van der Waals surface area contributed by atoms with Gasteiger partial charge in [-0.1, -0.05) is 54.1 Å². The summed E-state index contributed by atoms with van der Waals surface area (Å²) in [4.78, 5) is 10.3. The maximum atomic E-state index is 13.2. The Kier molecular flexibility index (Phi) is 6.09. The van der Waals surface area contributed by atoms with Gasteiger partial charge in [-0.15, -0.1) is 11.3 Å². The molecule has 3 aromatic rings. The third-order valence-corrected chi connectivity index (χ3v) is 7.82.